The van der Waals surface area contributed by atoms with Crippen molar-refractivity contribution in [3.05, 3.63) is 23.6 Å². The normalized spacial score (nSPS) is 54.3. The van der Waals surface area contributed by atoms with E-state index in [1.807, 2.05) is 6.08 Å². The van der Waals surface area contributed by atoms with Gasteiger partial charge in [-0.2, -0.15) is 0 Å². The maximum absolute atomic E-state index is 11.6. The van der Waals surface area contributed by atoms with Crippen LogP contribution in [-0.4, -0.2) is 28.4 Å². The molecule has 0 aromatic rings. The molecule has 0 saturated carbocycles. The van der Waals surface area contributed by atoms with Crippen LogP contribution in [0.4, 0.5) is 0 Å². The average Bonchev–Trinajstić information content (AvgIpc) is 2.65. The van der Waals surface area contributed by atoms with E-state index in [0.717, 1.165) is 0 Å². The Morgan fingerprint density at radius 1 is 1.08 bits per heavy atom. The predicted molar refractivity (Wildman–Crippen MR) is 50.2 cm³/mol. The molecule has 5 heteroatoms. The Morgan fingerprint density at radius 2 is 1.77 bits per heavy atom. The number of fused-ring (bicyclic) bond motifs is 5. The van der Waals surface area contributed by atoms with Crippen LogP contribution in [-0.2, 0) is 20.6 Å². The molecule has 0 aromatic carbocycles. The number of sulfone groups is 1. The van der Waals surface area contributed by atoms with E-state index >= 15 is 0 Å². The molecular weight excluding hydrogens is 208 g/mol. The van der Waals surface area contributed by atoms with Gasteiger partial charge in [-0.3, -0.25) is 4.21 Å². The molecule has 0 spiro atoms. The van der Waals surface area contributed by atoms with Crippen LogP contribution in [0.2, 0.25) is 0 Å². The van der Waals surface area contributed by atoms with E-state index in [9.17, 15) is 12.6 Å². The largest absolute Gasteiger partial charge is 0.258 e. The first kappa shape index (κ1) is 7.94. The Bertz CT molecular complexity index is 446. The van der Waals surface area contributed by atoms with Crippen LogP contribution in [0.1, 0.15) is 0 Å². The Balaban J connectivity index is 2.21. The molecule has 5 atom stereocenters. The van der Waals surface area contributed by atoms with E-state index < -0.39 is 25.9 Å². The summed E-state index contributed by atoms with van der Waals surface area (Å²) in [5.74, 6) is -0.0270. The van der Waals surface area contributed by atoms with E-state index in [-0.39, 0.29) is 16.4 Å². The van der Waals surface area contributed by atoms with Gasteiger partial charge >= 0.3 is 0 Å². The highest BCUT2D eigenvalue weighted by Gasteiger charge is 2.56. The molecule has 3 nitrogen and oxygen atoms in total. The lowest BCUT2D eigenvalue weighted by Gasteiger charge is -2.15. The zero-order chi connectivity index (χ0) is 9.22. The second-order valence-electron chi connectivity index (χ2n) is 3.60. The maximum Gasteiger partial charge on any atom is 0.176 e. The van der Waals surface area contributed by atoms with Crippen molar-refractivity contribution in [2.45, 2.75) is 15.7 Å². The zero-order valence-corrected chi connectivity index (χ0v) is 8.29. The first-order chi connectivity index (χ1) is 6.11. The third-order valence-electron chi connectivity index (χ3n) is 2.98. The topological polar surface area (TPSA) is 51.2 Å². The van der Waals surface area contributed by atoms with Crippen LogP contribution in [0.3, 0.4) is 0 Å². The molecule has 3 rings (SSSR count). The molecule has 1 fully saturated rings. The van der Waals surface area contributed by atoms with Crippen LogP contribution in [0.25, 0.3) is 0 Å². The van der Waals surface area contributed by atoms with Crippen molar-refractivity contribution < 1.29 is 12.6 Å². The minimum atomic E-state index is -3.11. The van der Waals surface area contributed by atoms with Gasteiger partial charge in [-0.15, -0.1) is 0 Å². The highest BCUT2D eigenvalue weighted by atomic mass is 32.2. The van der Waals surface area contributed by atoms with Crippen LogP contribution < -0.4 is 0 Å². The summed E-state index contributed by atoms with van der Waals surface area (Å²) in [5.41, 5.74) is 0. The molecule has 2 bridgehead atoms. The third kappa shape index (κ3) is 0.794. The summed E-state index contributed by atoms with van der Waals surface area (Å²) < 4.78 is 34.7. The van der Waals surface area contributed by atoms with Crippen molar-refractivity contribution >= 4 is 20.6 Å². The van der Waals surface area contributed by atoms with Gasteiger partial charge in [0.05, 0.1) is 15.7 Å². The summed E-state index contributed by atoms with van der Waals surface area (Å²) >= 11 is 0. The Labute approximate surface area is 78.9 Å². The molecule has 1 saturated heterocycles. The monoisotopic (exact) mass is 216 g/mol. The molecule has 70 valence electrons. The fourth-order valence-corrected chi connectivity index (χ4v) is 6.91. The summed E-state index contributed by atoms with van der Waals surface area (Å²) in [7, 11) is -4.11. The van der Waals surface area contributed by atoms with Gasteiger partial charge in [0.1, 0.15) is 0 Å². The molecule has 1 unspecified atom stereocenters. The van der Waals surface area contributed by atoms with Crippen molar-refractivity contribution in [1.82, 2.24) is 0 Å². The molecule has 3 heterocycles. The first-order valence-electron chi connectivity index (χ1n) is 4.11. The van der Waals surface area contributed by atoms with Gasteiger partial charge in [0.15, 0.2) is 9.84 Å². The van der Waals surface area contributed by atoms with Crippen LogP contribution >= 0.6 is 0 Å². The van der Waals surface area contributed by atoms with Crippen molar-refractivity contribution in [3.63, 3.8) is 0 Å². The van der Waals surface area contributed by atoms with Crippen molar-refractivity contribution in [1.29, 1.82) is 0 Å². The van der Waals surface area contributed by atoms with Gasteiger partial charge in [0.25, 0.3) is 0 Å². The average molecular weight is 216 g/mol. The SMILES string of the molecule is O=S1[C@@H]2C=C[C@H]1[C@@H]1[C@H]2C=CS1(=O)=O. The third-order valence-corrected chi connectivity index (χ3v) is 7.05. The zero-order valence-electron chi connectivity index (χ0n) is 6.66. The molecule has 3 aliphatic rings. The summed E-state index contributed by atoms with van der Waals surface area (Å²) in [6.45, 7) is 0. The Hall–Kier alpha value is -0.420. The van der Waals surface area contributed by atoms with Gasteiger partial charge in [-0.1, -0.05) is 18.2 Å². The quantitative estimate of drug-likeness (QED) is 0.535. The Kier molecular flexibility index (Phi) is 1.31. The lowest BCUT2D eigenvalue weighted by molar-refractivity contribution is 0.569. The number of hydrogen-bond donors (Lipinski definition) is 0. The fourth-order valence-electron chi connectivity index (χ4n) is 2.40. The molecule has 0 N–H and O–H groups in total. The van der Waals surface area contributed by atoms with E-state index in [0.29, 0.717) is 0 Å². The van der Waals surface area contributed by atoms with Gasteiger partial charge in [-0.05, 0) is 0 Å². The molecule has 13 heavy (non-hydrogen) atoms. The number of allylic oxidation sites excluding steroid dienone is 1. The van der Waals surface area contributed by atoms with Crippen LogP contribution in [0, 0.1) is 5.92 Å². The number of hydrogen-bond acceptors (Lipinski definition) is 3. The number of rotatable bonds is 0. The van der Waals surface area contributed by atoms with Gasteiger partial charge in [-0.25, -0.2) is 8.42 Å². The van der Waals surface area contributed by atoms with Crippen molar-refractivity contribution in [3.8, 4) is 0 Å². The van der Waals surface area contributed by atoms with E-state index in [1.165, 1.54) is 5.41 Å². The summed E-state index contributed by atoms with van der Waals surface area (Å²) in [6, 6.07) is 0. The summed E-state index contributed by atoms with van der Waals surface area (Å²) in [5, 5.41) is 0.549. The second kappa shape index (κ2) is 2.15. The van der Waals surface area contributed by atoms with Crippen LogP contribution in [0.15, 0.2) is 23.6 Å². The standard InChI is InChI=1S/C8H8O3S2/c9-12-6-1-2-7(12)8-5(6)3-4-13(8,10)11/h1-8H/t5-,6+,7-,8-,12?/m0/s1. The molecule has 0 radical (unpaired) electrons. The predicted octanol–water partition coefficient (Wildman–Crippen LogP) is -0.0174. The fraction of sp³-hybridized carbons (Fsp3) is 0.500. The minimum absolute atomic E-state index is 0.0270. The molecular formula is C8H8O3S2. The maximum atomic E-state index is 11.6. The molecule has 0 amide bonds. The van der Waals surface area contributed by atoms with Crippen molar-refractivity contribution in [2.75, 3.05) is 0 Å². The van der Waals surface area contributed by atoms with E-state index in [4.69, 9.17) is 0 Å². The van der Waals surface area contributed by atoms with Gasteiger partial charge in [0.2, 0.25) is 0 Å². The highest BCUT2D eigenvalue weighted by Crippen LogP contribution is 2.45. The van der Waals surface area contributed by atoms with Gasteiger partial charge < -0.3 is 0 Å². The minimum Gasteiger partial charge on any atom is -0.258 e. The smallest absolute Gasteiger partial charge is 0.176 e. The van der Waals surface area contributed by atoms with E-state index in [1.54, 1.807) is 12.2 Å². The van der Waals surface area contributed by atoms with Crippen molar-refractivity contribution in [2.24, 2.45) is 5.92 Å². The molecule has 3 aliphatic heterocycles. The summed E-state index contributed by atoms with van der Waals surface area (Å²) in [6.07, 6.45) is 5.39. The first-order valence-corrected chi connectivity index (χ1v) is 7.00. The lowest BCUT2D eigenvalue weighted by Crippen LogP contribution is -2.30. The Morgan fingerprint density at radius 3 is 2.46 bits per heavy atom. The molecule has 0 aromatic heterocycles. The molecule has 0 aliphatic carbocycles. The van der Waals surface area contributed by atoms with Gasteiger partial charge in [0, 0.05) is 22.1 Å². The van der Waals surface area contributed by atoms with Crippen LogP contribution in [0.5, 0.6) is 0 Å². The lowest BCUT2D eigenvalue weighted by atomic mass is 9.94. The summed E-state index contributed by atoms with van der Waals surface area (Å²) in [4.78, 5) is 0. The highest BCUT2D eigenvalue weighted by molar-refractivity contribution is 7.97. The van der Waals surface area contributed by atoms with E-state index in [2.05, 4.69) is 0 Å². The second-order valence-corrected chi connectivity index (χ2v) is 7.34.